The third-order valence-electron chi connectivity index (χ3n) is 8.22. The minimum atomic E-state index is -0.0873. The second-order valence-electron chi connectivity index (χ2n) is 12.9. The Morgan fingerprint density at radius 3 is 1.55 bits per heavy atom. The third-order valence-corrected chi connectivity index (χ3v) is 8.22. The van der Waals surface area contributed by atoms with Crippen LogP contribution in [-0.2, 0) is 19.0 Å². The molecule has 1 atom stereocenters. The van der Waals surface area contributed by atoms with Crippen molar-refractivity contribution in [3.63, 3.8) is 0 Å². The van der Waals surface area contributed by atoms with Gasteiger partial charge < -0.3 is 19.1 Å². The zero-order valence-electron chi connectivity index (χ0n) is 30.0. The number of hydrogen-bond acceptors (Lipinski definition) is 5. The fourth-order valence-corrected chi connectivity index (χ4v) is 5.42. The van der Waals surface area contributed by atoms with Gasteiger partial charge in [-0.3, -0.25) is 4.79 Å². The molecule has 0 aliphatic carbocycles. The molecule has 0 radical (unpaired) electrons. The highest BCUT2D eigenvalue weighted by atomic mass is 16.5. The van der Waals surface area contributed by atoms with E-state index >= 15 is 0 Å². The van der Waals surface area contributed by atoms with Crippen LogP contribution in [-0.4, -0.2) is 64.5 Å². The maximum absolute atomic E-state index is 11.1. The van der Waals surface area contributed by atoms with Crippen LogP contribution in [0.1, 0.15) is 167 Å². The van der Waals surface area contributed by atoms with Crippen LogP contribution in [0.15, 0.2) is 24.3 Å². The van der Waals surface area contributed by atoms with Crippen LogP contribution in [0, 0.1) is 0 Å². The van der Waals surface area contributed by atoms with E-state index < -0.39 is 0 Å². The van der Waals surface area contributed by atoms with Gasteiger partial charge in [-0.1, -0.05) is 108 Å². The highest BCUT2D eigenvalue weighted by Crippen LogP contribution is 2.11. The first kappa shape index (κ1) is 42.8. The summed E-state index contributed by atoms with van der Waals surface area (Å²) < 4.78 is 16.9. The van der Waals surface area contributed by atoms with Gasteiger partial charge in [0.15, 0.2) is 0 Å². The highest BCUT2D eigenvalue weighted by molar-refractivity contribution is 5.68. The number of esters is 1. The van der Waals surface area contributed by atoms with Crippen molar-refractivity contribution < 1.29 is 19.0 Å². The molecule has 260 valence electrons. The largest absolute Gasteiger partial charge is 0.469 e. The number of likely N-dealkylation sites (N-methyl/N-ethyl adjacent to an activating group) is 1. The lowest BCUT2D eigenvalue weighted by molar-refractivity contribution is -0.140. The molecule has 0 amide bonds. The summed E-state index contributed by atoms with van der Waals surface area (Å²) in [5.41, 5.74) is 0. The van der Waals surface area contributed by atoms with Crippen LogP contribution in [0.25, 0.3) is 0 Å². The Hall–Kier alpha value is -1.17. The van der Waals surface area contributed by atoms with Gasteiger partial charge in [0, 0.05) is 32.8 Å². The number of methoxy groups -OCH3 is 1. The molecule has 0 heterocycles. The van der Waals surface area contributed by atoms with Gasteiger partial charge in [-0.25, -0.2) is 0 Å². The van der Waals surface area contributed by atoms with E-state index in [1.807, 2.05) is 0 Å². The zero-order chi connectivity index (χ0) is 32.2. The molecule has 0 rings (SSSR count). The van der Waals surface area contributed by atoms with Gasteiger partial charge in [0.05, 0.1) is 13.2 Å². The first-order chi connectivity index (χ1) is 21.6. The van der Waals surface area contributed by atoms with Crippen LogP contribution in [0.5, 0.6) is 0 Å². The van der Waals surface area contributed by atoms with E-state index in [1.54, 1.807) is 0 Å². The molecule has 0 aromatic carbocycles. The summed E-state index contributed by atoms with van der Waals surface area (Å²) >= 11 is 0. The molecule has 0 N–H and O–H groups in total. The summed E-state index contributed by atoms with van der Waals surface area (Å²) in [4.78, 5) is 13.3. The lowest BCUT2D eigenvalue weighted by atomic mass is 10.1. The lowest BCUT2D eigenvalue weighted by Crippen LogP contribution is -2.30. The molecule has 0 aliphatic rings. The Labute approximate surface area is 274 Å². The van der Waals surface area contributed by atoms with E-state index in [1.165, 1.54) is 129 Å². The number of carbonyl (C=O) groups is 1. The molecule has 0 aromatic heterocycles. The fourth-order valence-electron chi connectivity index (χ4n) is 5.42. The van der Waals surface area contributed by atoms with Gasteiger partial charge in [-0.15, -0.1) is 0 Å². The Balaban J connectivity index is 3.55. The number of rotatable bonds is 35. The maximum Gasteiger partial charge on any atom is 0.305 e. The van der Waals surface area contributed by atoms with Crippen LogP contribution >= 0.6 is 0 Å². The van der Waals surface area contributed by atoms with Crippen LogP contribution in [0.3, 0.4) is 0 Å². The minimum absolute atomic E-state index is 0.0873. The van der Waals surface area contributed by atoms with E-state index in [4.69, 9.17) is 9.47 Å². The van der Waals surface area contributed by atoms with E-state index in [0.29, 0.717) is 6.42 Å². The second-order valence-corrected chi connectivity index (χ2v) is 12.9. The molecule has 0 saturated heterocycles. The van der Waals surface area contributed by atoms with E-state index in [9.17, 15) is 4.79 Å². The summed E-state index contributed by atoms with van der Waals surface area (Å²) in [7, 11) is 5.72. The lowest BCUT2D eigenvalue weighted by Gasteiger charge is -2.21. The predicted molar refractivity (Wildman–Crippen MR) is 191 cm³/mol. The molecular weight excluding hydrogens is 546 g/mol. The van der Waals surface area contributed by atoms with E-state index in [2.05, 4.69) is 55.0 Å². The molecule has 44 heavy (non-hydrogen) atoms. The topological polar surface area (TPSA) is 48.0 Å². The summed E-state index contributed by atoms with van der Waals surface area (Å²) in [6.07, 6.45) is 40.4. The number of unbranched alkanes of at least 4 members (excludes halogenated alkanes) is 19. The van der Waals surface area contributed by atoms with Crippen molar-refractivity contribution in [1.29, 1.82) is 0 Å². The Morgan fingerprint density at radius 1 is 0.591 bits per heavy atom. The molecule has 5 heteroatoms. The number of hydrogen-bond donors (Lipinski definition) is 0. The van der Waals surface area contributed by atoms with Gasteiger partial charge in [0.1, 0.15) is 0 Å². The zero-order valence-corrected chi connectivity index (χ0v) is 30.0. The highest BCUT2D eigenvalue weighted by Gasteiger charge is 2.10. The summed E-state index contributed by atoms with van der Waals surface area (Å²) in [5, 5.41) is 0. The Kier molecular flexibility index (Phi) is 35.3. The standard InChI is InChI=1S/C39H75NO4/c1-5-6-7-8-9-10-11-12-15-18-21-24-27-30-34-43-36-33-38(37-40(2)3)44-35-31-28-25-22-19-16-13-14-17-20-23-26-29-32-39(41)42-4/h11-14,38H,5-10,15-37H2,1-4H3/b12-11-,14-13-. The van der Waals surface area contributed by atoms with Gasteiger partial charge in [0.2, 0.25) is 0 Å². The number of allylic oxidation sites excluding steroid dienone is 4. The smallest absolute Gasteiger partial charge is 0.305 e. The Morgan fingerprint density at radius 2 is 1.05 bits per heavy atom. The molecule has 0 aliphatic heterocycles. The number of ether oxygens (including phenoxy) is 3. The number of carbonyl (C=O) groups excluding carboxylic acids is 1. The monoisotopic (exact) mass is 622 g/mol. The average Bonchev–Trinajstić information content (AvgIpc) is 3.01. The second kappa shape index (κ2) is 36.3. The van der Waals surface area contributed by atoms with Crippen LogP contribution in [0.2, 0.25) is 0 Å². The average molecular weight is 622 g/mol. The van der Waals surface area contributed by atoms with Crippen LogP contribution < -0.4 is 0 Å². The van der Waals surface area contributed by atoms with Crippen LogP contribution in [0.4, 0.5) is 0 Å². The van der Waals surface area contributed by atoms with Gasteiger partial charge in [-0.2, -0.15) is 0 Å². The van der Waals surface area contributed by atoms with Crippen molar-refractivity contribution in [2.75, 3.05) is 47.6 Å². The van der Waals surface area contributed by atoms with Gasteiger partial charge in [-0.05, 0) is 91.1 Å². The molecule has 0 saturated carbocycles. The molecular formula is C39H75NO4. The van der Waals surface area contributed by atoms with Gasteiger partial charge in [0.25, 0.3) is 0 Å². The summed E-state index contributed by atoms with van der Waals surface area (Å²) in [6, 6.07) is 0. The van der Waals surface area contributed by atoms with Crippen molar-refractivity contribution >= 4 is 5.97 Å². The molecule has 5 nitrogen and oxygen atoms in total. The maximum atomic E-state index is 11.1. The van der Waals surface area contributed by atoms with Crippen molar-refractivity contribution in [2.24, 2.45) is 0 Å². The first-order valence-corrected chi connectivity index (χ1v) is 18.8. The third kappa shape index (κ3) is 35.3. The van der Waals surface area contributed by atoms with E-state index in [0.717, 1.165) is 58.5 Å². The molecule has 0 fully saturated rings. The molecule has 0 bridgehead atoms. The number of nitrogens with zero attached hydrogens (tertiary/aromatic N) is 1. The fraction of sp³-hybridized carbons (Fsp3) is 0.872. The normalized spacial score (nSPS) is 12.7. The quantitative estimate of drug-likeness (QED) is 0.0400. The van der Waals surface area contributed by atoms with Crippen molar-refractivity contribution in [3.05, 3.63) is 24.3 Å². The molecule has 0 spiro atoms. The first-order valence-electron chi connectivity index (χ1n) is 18.8. The van der Waals surface area contributed by atoms with Crippen molar-refractivity contribution in [2.45, 2.75) is 174 Å². The summed E-state index contributed by atoms with van der Waals surface area (Å²) in [5.74, 6) is -0.0873. The SMILES string of the molecule is CCCCCCC/C=C\CCCCCCCOCCC(CN(C)C)OCCCCCCC/C=C\CCCCCCC(=O)OC. The minimum Gasteiger partial charge on any atom is -0.469 e. The van der Waals surface area contributed by atoms with Crippen molar-refractivity contribution in [1.82, 2.24) is 4.90 Å². The van der Waals surface area contributed by atoms with E-state index in [-0.39, 0.29) is 12.1 Å². The molecule has 1 unspecified atom stereocenters. The Bertz CT molecular complexity index is 634. The van der Waals surface area contributed by atoms with Crippen molar-refractivity contribution in [3.8, 4) is 0 Å². The predicted octanol–water partition coefficient (Wildman–Crippen LogP) is 11.0. The summed E-state index contributed by atoms with van der Waals surface area (Å²) in [6.45, 7) is 5.81. The van der Waals surface area contributed by atoms with Gasteiger partial charge >= 0.3 is 5.97 Å². The molecule has 0 aromatic rings.